The van der Waals surface area contributed by atoms with Gasteiger partial charge in [0.1, 0.15) is 17.5 Å². The van der Waals surface area contributed by atoms with Gasteiger partial charge in [0.15, 0.2) is 0 Å². The number of nitrogens with one attached hydrogen (secondary N) is 1. The van der Waals surface area contributed by atoms with E-state index in [1.54, 1.807) is 18.5 Å². The maximum absolute atomic E-state index is 13.6. The minimum absolute atomic E-state index is 0.0146. The molecule has 1 N–H and O–H groups in total. The lowest BCUT2D eigenvalue weighted by atomic mass is 9.84. The van der Waals surface area contributed by atoms with Crippen LogP contribution in [0.1, 0.15) is 42.5 Å². The van der Waals surface area contributed by atoms with Crippen LogP contribution in [0.25, 0.3) is 11.1 Å². The SMILES string of the molecule is O=C(N[C@H]1CC[C@H](CCN2CCN(c3cc(-c4ccc(F)cc4)cc(N4CCOCC4)n3)CC2)CC1)c1cccnc1. The maximum atomic E-state index is 13.6. The van der Waals surface area contributed by atoms with E-state index >= 15 is 0 Å². The number of morpholine rings is 1. The van der Waals surface area contributed by atoms with Crippen LogP contribution in [0.3, 0.4) is 0 Å². The van der Waals surface area contributed by atoms with E-state index < -0.39 is 0 Å². The van der Waals surface area contributed by atoms with Gasteiger partial charge in [-0.05, 0) is 92.1 Å². The topological polar surface area (TPSA) is 73.8 Å². The molecule has 3 aromatic rings. The molecule has 42 heavy (non-hydrogen) atoms. The second kappa shape index (κ2) is 13.6. The Morgan fingerprint density at radius 1 is 0.881 bits per heavy atom. The molecule has 9 heteroatoms. The molecule has 0 bridgehead atoms. The average Bonchev–Trinajstić information content (AvgIpc) is 3.05. The van der Waals surface area contributed by atoms with Crippen LogP contribution in [0.4, 0.5) is 16.0 Å². The summed E-state index contributed by atoms with van der Waals surface area (Å²) in [5.74, 6) is 2.44. The van der Waals surface area contributed by atoms with E-state index in [4.69, 9.17) is 9.72 Å². The highest BCUT2D eigenvalue weighted by molar-refractivity contribution is 5.94. The van der Waals surface area contributed by atoms with Crippen molar-refractivity contribution in [3.8, 4) is 11.1 Å². The standard InChI is InChI=1S/C33H41FN6O2/c34-29-7-5-26(6-8-29)28-22-31(37-32(23-28)40-18-20-42-21-19-40)39-16-14-38(15-17-39)13-11-25-3-9-30(10-4-25)36-33(41)27-2-1-12-35-24-27/h1-2,5-8,12,22-25,30H,3-4,9-11,13-21H2,(H,36,41)/t25-,30-. The highest BCUT2D eigenvalue weighted by Gasteiger charge is 2.25. The van der Waals surface area contributed by atoms with Crippen molar-refractivity contribution in [1.82, 2.24) is 20.2 Å². The third-order valence-corrected chi connectivity index (χ3v) is 8.97. The number of piperazine rings is 1. The maximum Gasteiger partial charge on any atom is 0.253 e. The molecule has 0 atom stereocenters. The summed E-state index contributed by atoms with van der Waals surface area (Å²) in [6, 6.07) is 14.9. The summed E-state index contributed by atoms with van der Waals surface area (Å²) in [7, 11) is 0. The molecule has 3 aliphatic rings. The number of rotatable bonds is 8. The minimum Gasteiger partial charge on any atom is -0.378 e. The predicted octanol–water partition coefficient (Wildman–Crippen LogP) is 4.62. The van der Waals surface area contributed by atoms with E-state index in [0.717, 1.165) is 87.3 Å². The van der Waals surface area contributed by atoms with Gasteiger partial charge in [0, 0.05) is 57.7 Å². The molecular formula is C33H41FN6O2. The van der Waals surface area contributed by atoms with Gasteiger partial charge in [0.2, 0.25) is 0 Å². The Labute approximate surface area is 247 Å². The van der Waals surface area contributed by atoms with Crippen LogP contribution in [0.15, 0.2) is 60.9 Å². The summed E-state index contributed by atoms with van der Waals surface area (Å²) in [4.78, 5) is 28.9. The first kappa shape index (κ1) is 28.6. The normalized spacial score (nSPS) is 21.7. The molecule has 2 saturated heterocycles. The smallest absolute Gasteiger partial charge is 0.253 e. The fourth-order valence-corrected chi connectivity index (χ4v) is 6.35. The Morgan fingerprint density at radius 3 is 2.24 bits per heavy atom. The van der Waals surface area contributed by atoms with E-state index in [2.05, 4.69) is 37.1 Å². The zero-order valence-corrected chi connectivity index (χ0v) is 24.3. The number of anilines is 2. The van der Waals surface area contributed by atoms with Crippen LogP contribution < -0.4 is 15.1 Å². The van der Waals surface area contributed by atoms with Crippen molar-refractivity contribution in [2.24, 2.45) is 5.92 Å². The molecule has 2 aliphatic heterocycles. The van der Waals surface area contributed by atoms with Crippen LogP contribution in [0.2, 0.25) is 0 Å². The van der Waals surface area contributed by atoms with Crippen molar-refractivity contribution in [3.05, 3.63) is 72.3 Å². The number of carbonyl (C=O) groups is 1. The second-order valence-corrected chi connectivity index (χ2v) is 11.7. The van der Waals surface area contributed by atoms with Gasteiger partial charge in [-0.15, -0.1) is 0 Å². The van der Waals surface area contributed by atoms with Crippen LogP contribution in [-0.2, 0) is 4.74 Å². The summed E-state index contributed by atoms with van der Waals surface area (Å²) in [6.45, 7) is 8.10. The summed E-state index contributed by atoms with van der Waals surface area (Å²) >= 11 is 0. The van der Waals surface area contributed by atoms with Crippen LogP contribution >= 0.6 is 0 Å². The van der Waals surface area contributed by atoms with Gasteiger partial charge in [-0.1, -0.05) is 12.1 Å². The third kappa shape index (κ3) is 7.25. The number of amides is 1. The van der Waals surface area contributed by atoms with E-state index in [9.17, 15) is 9.18 Å². The lowest BCUT2D eigenvalue weighted by molar-refractivity contribution is 0.0919. The van der Waals surface area contributed by atoms with Crippen molar-refractivity contribution in [2.75, 3.05) is 68.8 Å². The molecule has 4 heterocycles. The Morgan fingerprint density at radius 2 is 1.57 bits per heavy atom. The number of benzene rings is 1. The molecule has 0 unspecified atom stereocenters. The Hall–Kier alpha value is -3.56. The van der Waals surface area contributed by atoms with Gasteiger partial charge in [-0.3, -0.25) is 14.7 Å². The number of hydrogen-bond acceptors (Lipinski definition) is 7. The van der Waals surface area contributed by atoms with Gasteiger partial charge in [0.25, 0.3) is 5.91 Å². The Kier molecular flexibility index (Phi) is 9.25. The number of nitrogens with zero attached hydrogens (tertiary/aromatic N) is 5. The molecule has 0 radical (unpaired) electrons. The van der Waals surface area contributed by atoms with Gasteiger partial charge >= 0.3 is 0 Å². The number of carbonyl (C=O) groups excluding carboxylic acids is 1. The highest BCUT2D eigenvalue weighted by atomic mass is 19.1. The zero-order chi connectivity index (χ0) is 28.7. The molecule has 8 nitrogen and oxygen atoms in total. The molecule has 1 amide bonds. The molecule has 222 valence electrons. The number of aromatic nitrogens is 2. The lowest BCUT2D eigenvalue weighted by Gasteiger charge is -2.37. The van der Waals surface area contributed by atoms with Gasteiger partial charge in [-0.25, -0.2) is 9.37 Å². The Bertz CT molecular complexity index is 1300. The summed E-state index contributed by atoms with van der Waals surface area (Å²) in [5, 5.41) is 3.20. The fraction of sp³-hybridized carbons (Fsp3) is 0.485. The van der Waals surface area contributed by atoms with Gasteiger partial charge in [0.05, 0.1) is 18.8 Å². The van der Waals surface area contributed by atoms with Crippen LogP contribution in [0, 0.1) is 11.7 Å². The van der Waals surface area contributed by atoms with Gasteiger partial charge in [-0.2, -0.15) is 0 Å². The molecule has 2 aromatic heterocycles. The second-order valence-electron chi connectivity index (χ2n) is 11.7. The number of ether oxygens (including phenoxy) is 1. The molecule has 0 spiro atoms. The molecule has 6 rings (SSSR count). The molecular weight excluding hydrogens is 531 g/mol. The van der Waals surface area contributed by atoms with E-state index in [-0.39, 0.29) is 17.8 Å². The quantitative estimate of drug-likeness (QED) is 0.422. The first-order valence-electron chi connectivity index (χ1n) is 15.4. The number of hydrogen-bond donors (Lipinski definition) is 1. The largest absolute Gasteiger partial charge is 0.378 e. The first-order chi connectivity index (χ1) is 20.6. The van der Waals surface area contributed by atoms with Crippen LogP contribution in [0.5, 0.6) is 0 Å². The molecule has 1 saturated carbocycles. The average molecular weight is 573 g/mol. The van der Waals surface area contributed by atoms with Crippen molar-refractivity contribution in [2.45, 2.75) is 38.1 Å². The molecule has 1 aliphatic carbocycles. The molecule has 1 aromatic carbocycles. The lowest BCUT2D eigenvalue weighted by Crippen LogP contribution is -2.47. The third-order valence-electron chi connectivity index (χ3n) is 8.97. The minimum atomic E-state index is -0.224. The van der Waals surface area contributed by atoms with Gasteiger partial charge < -0.3 is 19.9 Å². The first-order valence-corrected chi connectivity index (χ1v) is 15.4. The monoisotopic (exact) mass is 572 g/mol. The summed E-state index contributed by atoms with van der Waals surface area (Å²) in [5.41, 5.74) is 2.70. The fourth-order valence-electron chi connectivity index (χ4n) is 6.35. The number of halogens is 1. The van der Waals surface area contributed by atoms with E-state index in [1.807, 2.05) is 18.2 Å². The molecule has 3 fully saturated rings. The number of pyridine rings is 2. The summed E-state index contributed by atoms with van der Waals surface area (Å²) in [6.07, 6.45) is 8.96. The van der Waals surface area contributed by atoms with E-state index in [0.29, 0.717) is 18.8 Å². The van der Waals surface area contributed by atoms with Crippen molar-refractivity contribution in [3.63, 3.8) is 0 Å². The summed E-state index contributed by atoms with van der Waals surface area (Å²) < 4.78 is 19.2. The van der Waals surface area contributed by atoms with Crippen molar-refractivity contribution >= 4 is 17.5 Å². The zero-order valence-electron chi connectivity index (χ0n) is 24.3. The van der Waals surface area contributed by atoms with Crippen molar-refractivity contribution < 1.29 is 13.9 Å². The Balaban J connectivity index is 1.00. The van der Waals surface area contributed by atoms with Crippen molar-refractivity contribution in [1.29, 1.82) is 0 Å². The predicted molar refractivity (Wildman–Crippen MR) is 163 cm³/mol. The van der Waals surface area contributed by atoms with E-state index in [1.165, 1.54) is 31.4 Å². The van der Waals surface area contributed by atoms with Crippen LogP contribution in [-0.4, -0.2) is 85.8 Å². The highest BCUT2D eigenvalue weighted by Crippen LogP contribution is 2.30.